The minimum absolute atomic E-state index is 0.0753. The van der Waals surface area contributed by atoms with Gasteiger partial charge in [-0.1, -0.05) is 42.5 Å². The number of phenolic OH excluding ortho intramolecular Hbond substituents is 2. The number of imide groups is 1. The van der Waals surface area contributed by atoms with Crippen LogP contribution in [0.15, 0.2) is 65.6 Å². The van der Waals surface area contributed by atoms with Crippen LogP contribution in [0.5, 0.6) is 11.5 Å². The van der Waals surface area contributed by atoms with Gasteiger partial charge in [0.2, 0.25) is 0 Å². The van der Waals surface area contributed by atoms with Gasteiger partial charge in [0.15, 0.2) is 0 Å². The van der Waals surface area contributed by atoms with Crippen LogP contribution in [-0.2, 0) is 11.3 Å². The number of rotatable bonds is 3. The Morgan fingerprint density at radius 3 is 2.56 bits per heavy atom. The van der Waals surface area contributed by atoms with Gasteiger partial charge in [0, 0.05) is 11.6 Å². The molecular formula is C21H15NO4S. The van der Waals surface area contributed by atoms with Crippen LogP contribution in [0.2, 0.25) is 0 Å². The highest BCUT2D eigenvalue weighted by molar-refractivity contribution is 8.18. The third-order valence-corrected chi connectivity index (χ3v) is 5.29. The first-order valence-electron chi connectivity index (χ1n) is 8.27. The third kappa shape index (κ3) is 3.27. The zero-order valence-corrected chi connectivity index (χ0v) is 14.9. The van der Waals surface area contributed by atoms with Crippen molar-refractivity contribution in [2.24, 2.45) is 0 Å². The first-order chi connectivity index (χ1) is 13.0. The number of phenols is 2. The van der Waals surface area contributed by atoms with Crippen LogP contribution >= 0.6 is 11.8 Å². The van der Waals surface area contributed by atoms with E-state index in [-0.39, 0.29) is 28.2 Å². The molecule has 1 heterocycles. The average molecular weight is 377 g/mol. The topological polar surface area (TPSA) is 77.8 Å². The van der Waals surface area contributed by atoms with Crippen LogP contribution in [0.25, 0.3) is 16.8 Å². The van der Waals surface area contributed by atoms with E-state index in [0.29, 0.717) is 5.56 Å². The number of fused-ring (bicyclic) bond motifs is 1. The largest absolute Gasteiger partial charge is 0.508 e. The highest BCUT2D eigenvalue weighted by Crippen LogP contribution is 2.36. The van der Waals surface area contributed by atoms with Gasteiger partial charge >= 0.3 is 0 Å². The Labute approximate surface area is 159 Å². The zero-order valence-electron chi connectivity index (χ0n) is 14.1. The van der Waals surface area contributed by atoms with Crippen LogP contribution in [-0.4, -0.2) is 26.3 Å². The standard InChI is InChI=1S/C21H15NO4S/c23-16-9-8-14(18(24)11-16)10-19-20(25)22(21(26)27-19)12-15-6-3-5-13-4-1-2-7-17(13)15/h1-11,23-24H,12H2/b19-10-. The quantitative estimate of drug-likeness (QED) is 0.658. The van der Waals surface area contributed by atoms with E-state index in [4.69, 9.17) is 0 Å². The van der Waals surface area contributed by atoms with Crippen molar-refractivity contribution in [1.29, 1.82) is 0 Å². The van der Waals surface area contributed by atoms with E-state index in [1.165, 1.54) is 29.2 Å². The lowest BCUT2D eigenvalue weighted by atomic mass is 10.0. The summed E-state index contributed by atoms with van der Waals surface area (Å²) in [4.78, 5) is 26.6. The number of aromatic hydroxyl groups is 2. The van der Waals surface area contributed by atoms with Crippen molar-refractivity contribution >= 4 is 39.8 Å². The summed E-state index contributed by atoms with van der Waals surface area (Å²) in [5.41, 5.74) is 1.26. The molecule has 3 aromatic rings. The van der Waals surface area contributed by atoms with Crippen molar-refractivity contribution in [3.05, 3.63) is 76.7 Å². The summed E-state index contributed by atoms with van der Waals surface area (Å²) in [5, 5.41) is 21.0. The summed E-state index contributed by atoms with van der Waals surface area (Å²) in [7, 11) is 0. The van der Waals surface area contributed by atoms with Crippen LogP contribution in [0, 0.1) is 0 Å². The summed E-state index contributed by atoms with van der Waals surface area (Å²) in [6, 6.07) is 17.7. The van der Waals surface area contributed by atoms with E-state index >= 15 is 0 Å². The fourth-order valence-electron chi connectivity index (χ4n) is 3.03. The minimum Gasteiger partial charge on any atom is -0.508 e. The van der Waals surface area contributed by atoms with Crippen molar-refractivity contribution in [2.45, 2.75) is 6.54 Å². The minimum atomic E-state index is -0.398. The number of carbonyl (C=O) groups excluding carboxylic acids is 2. The van der Waals surface area contributed by atoms with Crippen LogP contribution in [0.1, 0.15) is 11.1 Å². The Morgan fingerprint density at radius 1 is 0.963 bits per heavy atom. The second-order valence-electron chi connectivity index (χ2n) is 6.15. The monoisotopic (exact) mass is 377 g/mol. The average Bonchev–Trinajstić information content (AvgIpc) is 2.92. The van der Waals surface area contributed by atoms with Crippen molar-refractivity contribution in [1.82, 2.24) is 4.90 Å². The lowest BCUT2D eigenvalue weighted by Crippen LogP contribution is -2.27. The summed E-state index contributed by atoms with van der Waals surface area (Å²) in [6.45, 7) is 0.185. The van der Waals surface area contributed by atoms with Crippen LogP contribution in [0.4, 0.5) is 4.79 Å². The molecule has 0 atom stereocenters. The van der Waals surface area contributed by atoms with Crippen LogP contribution in [0.3, 0.4) is 0 Å². The number of hydrogen-bond donors (Lipinski definition) is 2. The predicted molar refractivity (Wildman–Crippen MR) is 105 cm³/mol. The Morgan fingerprint density at radius 2 is 1.74 bits per heavy atom. The van der Waals surface area contributed by atoms with E-state index in [1.54, 1.807) is 0 Å². The Bertz CT molecular complexity index is 1100. The maximum Gasteiger partial charge on any atom is 0.293 e. The first kappa shape index (κ1) is 17.2. The van der Waals surface area contributed by atoms with E-state index in [2.05, 4.69) is 0 Å². The number of benzene rings is 3. The van der Waals surface area contributed by atoms with Gasteiger partial charge < -0.3 is 10.2 Å². The smallest absolute Gasteiger partial charge is 0.293 e. The maximum absolute atomic E-state index is 12.7. The van der Waals surface area contributed by atoms with Crippen molar-refractivity contribution in [3.63, 3.8) is 0 Å². The fourth-order valence-corrected chi connectivity index (χ4v) is 3.86. The fraction of sp³-hybridized carbons (Fsp3) is 0.0476. The zero-order chi connectivity index (χ0) is 19.0. The molecule has 0 radical (unpaired) electrons. The molecule has 1 aliphatic rings. The maximum atomic E-state index is 12.7. The molecule has 0 bridgehead atoms. The highest BCUT2D eigenvalue weighted by atomic mass is 32.2. The third-order valence-electron chi connectivity index (χ3n) is 4.38. The van der Waals surface area contributed by atoms with Gasteiger partial charge in [-0.15, -0.1) is 0 Å². The van der Waals surface area contributed by atoms with Gasteiger partial charge in [-0.3, -0.25) is 14.5 Å². The molecule has 2 N–H and O–H groups in total. The lowest BCUT2D eigenvalue weighted by molar-refractivity contribution is -0.123. The molecular weight excluding hydrogens is 362 g/mol. The van der Waals surface area contributed by atoms with Gasteiger partial charge in [0.1, 0.15) is 11.5 Å². The van der Waals surface area contributed by atoms with Gasteiger partial charge in [0.05, 0.1) is 11.4 Å². The number of hydrogen-bond acceptors (Lipinski definition) is 5. The van der Waals surface area contributed by atoms with Crippen molar-refractivity contribution in [2.75, 3.05) is 0 Å². The molecule has 0 aliphatic carbocycles. The SMILES string of the molecule is O=C1S/C(=C\c2ccc(O)cc2O)C(=O)N1Cc1cccc2ccccc12. The van der Waals surface area contributed by atoms with E-state index < -0.39 is 5.91 Å². The van der Waals surface area contributed by atoms with E-state index in [1.807, 2.05) is 42.5 Å². The predicted octanol–water partition coefficient (Wildman–Crippen LogP) is 4.49. The van der Waals surface area contributed by atoms with Gasteiger partial charge in [-0.05, 0) is 46.3 Å². The van der Waals surface area contributed by atoms with E-state index in [9.17, 15) is 19.8 Å². The number of thioether (sulfide) groups is 1. The number of carbonyl (C=O) groups is 2. The summed E-state index contributed by atoms with van der Waals surface area (Å²) >= 11 is 0.839. The van der Waals surface area contributed by atoms with Gasteiger partial charge in [-0.2, -0.15) is 0 Å². The molecule has 2 amide bonds. The molecule has 1 aliphatic heterocycles. The molecule has 0 aromatic heterocycles. The normalized spacial score (nSPS) is 15.9. The number of amides is 2. The molecule has 134 valence electrons. The molecule has 5 nitrogen and oxygen atoms in total. The molecule has 6 heteroatoms. The summed E-state index contributed by atoms with van der Waals surface area (Å²) in [6.07, 6.45) is 1.46. The highest BCUT2D eigenvalue weighted by Gasteiger charge is 2.35. The van der Waals surface area contributed by atoms with Gasteiger partial charge in [0.25, 0.3) is 11.1 Å². The molecule has 27 heavy (non-hydrogen) atoms. The molecule has 1 saturated heterocycles. The van der Waals surface area contributed by atoms with Gasteiger partial charge in [-0.25, -0.2) is 0 Å². The Balaban J connectivity index is 1.64. The Hall–Kier alpha value is -3.25. The molecule has 4 rings (SSSR count). The second kappa shape index (κ2) is 6.81. The molecule has 1 fully saturated rings. The molecule has 3 aromatic carbocycles. The van der Waals surface area contributed by atoms with Crippen molar-refractivity contribution < 1.29 is 19.8 Å². The summed E-state index contributed by atoms with van der Waals surface area (Å²) < 4.78 is 0. The molecule has 0 spiro atoms. The molecule has 0 saturated carbocycles. The lowest BCUT2D eigenvalue weighted by Gasteiger charge is -2.14. The summed E-state index contributed by atoms with van der Waals surface area (Å²) in [5.74, 6) is -0.630. The second-order valence-corrected chi connectivity index (χ2v) is 7.14. The number of nitrogens with zero attached hydrogens (tertiary/aromatic N) is 1. The van der Waals surface area contributed by atoms with Crippen molar-refractivity contribution in [3.8, 4) is 11.5 Å². The first-order valence-corrected chi connectivity index (χ1v) is 9.08. The molecule has 0 unspecified atom stereocenters. The van der Waals surface area contributed by atoms with Crippen LogP contribution < -0.4 is 0 Å². The van der Waals surface area contributed by atoms with E-state index in [0.717, 1.165) is 28.1 Å². The Kier molecular flexibility index (Phi) is 4.33.